The number of benzene rings is 2. The van der Waals surface area contributed by atoms with Crippen LogP contribution in [0.2, 0.25) is 0 Å². The number of fused-ring (bicyclic) bond motifs is 1. The van der Waals surface area contributed by atoms with Crippen molar-refractivity contribution in [3.05, 3.63) is 59.2 Å². The van der Waals surface area contributed by atoms with E-state index in [1.807, 2.05) is 17.8 Å². The highest BCUT2D eigenvalue weighted by molar-refractivity contribution is 7.99. The quantitative estimate of drug-likeness (QED) is 0.686. The van der Waals surface area contributed by atoms with Gasteiger partial charge in [-0.15, -0.1) is 11.8 Å². The summed E-state index contributed by atoms with van der Waals surface area (Å²) in [5.74, 6) is 1.28. The molecule has 0 aliphatic carbocycles. The van der Waals surface area contributed by atoms with Gasteiger partial charge in [0.1, 0.15) is 0 Å². The van der Waals surface area contributed by atoms with Crippen molar-refractivity contribution in [1.82, 2.24) is 4.90 Å². The number of likely N-dealkylation sites (tertiary alicyclic amines) is 1. The predicted molar refractivity (Wildman–Crippen MR) is 118 cm³/mol. The smallest absolute Gasteiger partial charge is 0.254 e. The average Bonchev–Trinajstić information content (AvgIpc) is 2.69. The van der Waals surface area contributed by atoms with E-state index in [0.717, 1.165) is 37.2 Å². The maximum atomic E-state index is 13.3. The highest BCUT2D eigenvalue weighted by atomic mass is 32.2. The van der Waals surface area contributed by atoms with E-state index in [9.17, 15) is 4.79 Å². The Kier molecular flexibility index (Phi) is 5.68. The number of aryl methyl sites for hydroxylation is 1. The molecule has 2 aromatic carbocycles. The summed E-state index contributed by atoms with van der Waals surface area (Å²) in [4.78, 5) is 19.1. The van der Waals surface area contributed by atoms with E-state index in [4.69, 9.17) is 0 Å². The van der Waals surface area contributed by atoms with Gasteiger partial charge in [0.05, 0.1) is 5.69 Å². The van der Waals surface area contributed by atoms with Crippen LogP contribution < -0.4 is 4.90 Å². The zero-order chi connectivity index (χ0) is 19.7. The fourth-order valence-electron chi connectivity index (χ4n) is 4.45. The van der Waals surface area contributed by atoms with Crippen molar-refractivity contribution < 1.29 is 4.79 Å². The molecule has 2 aromatic rings. The number of carbonyl (C=O) groups is 1. The summed E-state index contributed by atoms with van der Waals surface area (Å²) >= 11 is 1.90. The first-order valence-electron chi connectivity index (χ1n) is 10.4. The normalized spacial score (nSPS) is 22.1. The molecule has 1 amide bonds. The Morgan fingerprint density at radius 1 is 1.07 bits per heavy atom. The minimum Gasteiger partial charge on any atom is -0.365 e. The molecule has 0 aromatic heterocycles. The fourth-order valence-corrected chi connectivity index (χ4v) is 5.49. The first-order chi connectivity index (χ1) is 13.5. The van der Waals surface area contributed by atoms with Gasteiger partial charge < -0.3 is 9.80 Å². The summed E-state index contributed by atoms with van der Waals surface area (Å²) in [5, 5.41) is 0. The maximum Gasteiger partial charge on any atom is 0.254 e. The fraction of sp³-hybridized carbons (Fsp3) is 0.458. The molecule has 0 N–H and O–H groups in total. The second-order valence-corrected chi connectivity index (χ2v) is 9.42. The number of rotatable bonds is 3. The van der Waals surface area contributed by atoms with Crippen LogP contribution in [0.15, 0.2) is 47.4 Å². The number of thioether (sulfide) groups is 1. The molecule has 2 aliphatic rings. The number of nitrogens with zero attached hydrogens (tertiary/aromatic N) is 2. The van der Waals surface area contributed by atoms with Crippen molar-refractivity contribution in [3.8, 4) is 0 Å². The molecule has 4 rings (SSSR count). The molecule has 0 spiro atoms. The van der Waals surface area contributed by atoms with Crippen molar-refractivity contribution in [1.29, 1.82) is 0 Å². The highest BCUT2D eigenvalue weighted by Crippen LogP contribution is 2.37. The summed E-state index contributed by atoms with van der Waals surface area (Å²) in [6, 6.07) is 15.7. The van der Waals surface area contributed by atoms with Gasteiger partial charge in [0.2, 0.25) is 0 Å². The molecule has 148 valence electrons. The molecule has 0 bridgehead atoms. The van der Waals surface area contributed by atoms with Crippen LogP contribution in [0.25, 0.3) is 0 Å². The zero-order valence-electron chi connectivity index (χ0n) is 17.1. The van der Waals surface area contributed by atoms with Gasteiger partial charge in [0, 0.05) is 41.4 Å². The third-order valence-corrected chi connectivity index (χ3v) is 7.13. The molecule has 3 nitrogen and oxygen atoms in total. The van der Waals surface area contributed by atoms with Crippen molar-refractivity contribution in [2.75, 3.05) is 17.2 Å². The zero-order valence-corrected chi connectivity index (χ0v) is 18.0. The largest absolute Gasteiger partial charge is 0.365 e. The van der Waals surface area contributed by atoms with Gasteiger partial charge in [-0.3, -0.25) is 4.79 Å². The summed E-state index contributed by atoms with van der Waals surface area (Å²) < 4.78 is 0. The van der Waals surface area contributed by atoms with Crippen LogP contribution in [0.5, 0.6) is 0 Å². The number of amides is 1. The molecule has 4 heteroatoms. The lowest BCUT2D eigenvalue weighted by atomic mass is 9.96. The summed E-state index contributed by atoms with van der Waals surface area (Å²) in [6.07, 6.45) is 3.43. The second-order valence-electron chi connectivity index (χ2n) is 8.28. The molecule has 2 atom stereocenters. The molecule has 2 heterocycles. The minimum atomic E-state index is 0.188. The van der Waals surface area contributed by atoms with Gasteiger partial charge in [0.25, 0.3) is 5.91 Å². The van der Waals surface area contributed by atoms with Crippen molar-refractivity contribution in [3.63, 3.8) is 0 Å². The van der Waals surface area contributed by atoms with Crippen molar-refractivity contribution in [2.45, 2.75) is 63.6 Å². The van der Waals surface area contributed by atoms with E-state index < -0.39 is 0 Å². The van der Waals surface area contributed by atoms with E-state index in [1.165, 1.54) is 28.1 Å². The van der Waals surface area contributed by atoms with Gasteiger partial charge in [-0.25, -0.2) is 0 Å². The Hall–Kier alpha value is -1.94. The molecule has 28 heavy (non-hydrogen) atoms. The average molecular weight is 395 g/mol. The van der Waals surface area contributed by atoms with Crippen molar-refractivity contribution in [2.24, 2.45) is 0 Å². The van der Waals surface area contributed by atoms with Crippen LogP contribution in [0.4, 0.5) is 5.69 Å². The number of hydrogen-bond donors (Lipinski definition) is 0. The van der Waals surface area contributed by atoms with Crippen LogP contribution >= 0.6 is 11.8 Å². The standard InChI is InChI=1S/C24H30N2OS/c1-17-7-9-20(10-8-17)16-25-13-14-28-23-12-11-21(15-22(23)25)24(27)26-18(2)5-4-6-19(26)3/h7-12,15,18-19H,4-6,13-14,16H2,1-3H3/t18-,19-/m0/s1. The Balaban J connectivity index is 1.60. The molecule has 0 radical (unpaired) electrons. The van der Waals surface area contributed by atoms with Crippen LogP contribution in [0, 0.1) is 6.92 Å². The first kappa shape index (κ1) is 19.4. The summed E-state index contributed by atoms with van der Waals surface area (Å²) in [7, 11) is 0. The van der Waals surface area contributed by atoms with Gasteiger partial charge in [-0.1, -0.05) is 29.8 Å². The number of anilines is 1. The van der Waals surface area contributed by atoms with E-state index >= 15 is 0 Å². The monoisotopic (exact) mass is 394 g/mol. The van der Waals surface area contributed by atoms with Crippen LogP contribution in [0.3, 0.4) is 0 Å². The lowest BCUT2D eigenvalue weighted by Crippen LogP contribution is -2.47. The Morgan fingerprint density at radius 2 is 1.79 bits per heavy atom. The molecular formula is C24H30N2OS. The van der Waals surface area contributed by atoms with Crippen LogP contribution in [-0.2, 0) is 6.54 Å². The Bertz CT molecular complexity index is 838. The highest BCUT2D eigenvalue weighted by Gasteiger charge is 2.30. The van der Waals surface area contributed by atoms with Gasteiger partial charge in [-0.2, -0.15) is 0 Å². The van der Waals surface area contributed by atoms with Gasteiger partial charge in [-0.05, 0) is 63.8 Å². The predicted octanol–water partition coefficient (Wildman–Crippen LogP) is 5.51. The molecule has 2 aliphatic heterocycles. The van der Waals surface area contributed by atoms with E-state index in [0.29, 0.717) is 12.1 Å². The molecular weight excluding hydrogens is 364 g/mol. The molecule has 0 unspecified atom stereocenters. The first-order valence-corrected chi connectivity index (χ1v) is 11.4. The molecule has 1 saturated heterocycles. The summed E-state index contributed by atoms with van der Waals surface area (Å²) in [5.41, 5.74) is 4.64. The van der Waals surface area contributed by atoms with Crippen LogP contribution in [-0.4, -0.2) is 35.2 Å². The maximum absolute atomic E-state index is 13.3. The Morgan fingerprint density at radius 3 is 2.50 bits per heavy atom. The SMILES string of the molecule is Cc1ccc(CN2CCSc3ccc(C(=O)N4[C@@H](C)CCC[C@@H]4C)cc32)cc1. The lowest BCUT2D eigenvalue weighted by molar-refractivity contribution is 0.0510. The lowest BCUT2D eigenvalue weighted by Gasteiger charge is -2.39. The third kappa shape index (κ3) is 3.93. The topological polar surface area (TPSA) is 23.6 Å². The number of hydrogen-bond acceptors (Lipinski definition) is 3. The van der Waals surface area contributed by atoms with Gasteiger partial charge >= 0.3 is 0 Å². The Labute approximate surface area is 173 Å². The molecule has 0 saturated carbocycles. The minimum absolute atomic E-state index is 0.188. The number of piperidine rings is 1. The van der Waals surface area contributed by atoms with E-state index in [1.54, 1.807) is 0 Å². The van der Waals surface area contributed by atoms with Gasteiger partial charge in [0.15, 0.2) is 0 Å². The second kappa shape index (κ2) is 8.20. The van der Waals surface area contributed by atoms with Crippen LogP contribution in [0.1, 0.15) is 54.6 Å². The third-order valence-electron chi connectivity index (χ3n) is 6.09. The van der Waals surface area contributed by atoms with E-state index in [-0.39, 0.29) is 5.91 Å². The molecule has 1 fully saturated rings. The number of carbonyl (C=O) groups excluding carboxylic acids is 1. The van der Waals surface area contributed by atoms with Crippen molar-refractivity contribution >= 4 is 23.4 Å². The summed E-state index contributed by atoms with van der Waals surface area (Å²) in [6.45, 7) is 8.40. The van der Waals surface area contributed by atoms with E-state index in [2.05, 4.69) is 67.0 Å².